The maximum atomic E-state index is 13.4. The molecule has 0 saturated heterocycles. The van der Waals surface area contributed by atoms with Gasteiger partial charge in [0.05, 0.1) is 5.69 Å². The summed E-state index contributed by atoms with van der Waals surface area (Å²) in [5, 5.41) is 11.6. The highest BCUT2D eigenvalue weighted by atomic mass is 127. The van der Waals surface area contributed by atoms with Crippen LogP contribution in [0.25, 0.3) is 0 Å². The minimum absolute atomic E-state index is 0.0425. The molecule has 2 aromatic carbocycles. The average Bonchev–Trinajstić information content (AvgIpc) is 2.42. The largest absolute Gasteiger partial charge is 0.354 e. The van der Waals surface area contributed by atoms with Crippen molar-refractivity contribution in [1.82, 2.24) is 4.89 Å². The minimum atomic E-state index is -4.11. The lowest BCUT2D eigenvalue weighted by molar-refractivity contribution is 0.242. The van der Waals surface area contributed by atoms with Crippen LogP contribution < -0.4 is 10.2 Å². The van der Waals surface area contributed by atoms with Gasteiger partial charge in [-0.25, -0.2) is 12.8 Å². The molecule has 21 heavy (non-hydrogen) atoms. The second kappa shape index (κ2) is 6.26. The van der Waals surface area contributed by atoms with Crippen LogP contribution in [0.5, 0.6) is 0 Å². The van der Waals surface area contributed by atoms with Gasteiger partial charge in [-0.1, -0.05) is 4.89 Å². The SMILES string of the molecule is Cc1cc(I)ccc1Nc1cc(F)ccc1S(=O)(=O)NO. The Morgan fingerprint density at radius 3 is 2.48 bits per heavy atom. The van der Waals surface area contributed by atoms with Gasteiger partial charge in [0.15, 0.2) is 0 Å². The zero-order valence-corrected chi connectivity index (χ0v) is 13.9. The first-order valence-corrected chi connectivity index (χ1v) is 8.38. The van der Waals surface area contributed by atoms with Crippen LogP contribution >= 0.6 is 22.6 Å². The van der Waals surface area contributed by atoms with Gasteiger partial charge in [0.1, 0.15) is 10.7 Å². The molecule has 0 radical (unpaired) electrons. The predicted molar refractivity (Wildman–Crippen MR) is 85.7 cm³/mol. The van der Waals surface area contributed by atoms with Crippen LogP contribution in [0.15, 0.2) is 41.3 Å². The summed E-state index contributed by atoms with van der Waals surface area (Å²) in [5.41, 5.74) is 1.57. The first-order valence-electron chi connectivity index (χ1n) is 5.82. The second-order valence-corrected chi connectivity index (χ2v) is 7.19. The molecule has 0 fully saturated rings. The van der Waals surface area contributed by atoms with E-state index in [4.69, 9.17) is 5.21 Å². The second-order valence-electron chi connectivity index (χ2n) is 4.32. The van der Waals surface area contributed by atoms with Crippen molar-refractivity contribution >= 4 is 44.0 Å². The van der Waals surface area contributed by atoms with Crippen LogP contribution in [0.1, 0.15) is 5.56 Å². The topological polar surface area (TPSA) is 78.4 Å². The van der Waals surface area contributed by atoms with Gasteiger partial charge < -0.3 is 10.5 Å². The maximum absolute atomic E-state index is 13.4. The van der Waals surface area contributed by atoms with Crippen molar-refractivity contribution in [2.24, 2.45) is 0 Å². The lowest BCUT2D eigenvalue weighted by Crippen LogP contribution is -2.20. The molecule has 2 aromatic rings. The summed E-state index contributed by atoms with van der Waals surface area (Å²) < 4.78 is 37.9. The molecule has 8 heteroatoms. The number of halogens is 2. The van der Waals surface area contributed by atoms with E-state index in [1.165, 1.54) is 4.89 Å². The number of benzene rings is 2. The van der Waals surface area contributed by atoms with Crippen LogP contribution in [-0.2, 0) is 10.0 Å². The third kappa shape index (κ3) is 3.70. The van der Waals surface area contributed by atoms with E-state index >= 15 is 0 Å². The Balaban J connectivity index is 2.51. The van der Waals surface area contributed by atoms with Gasteiger partial charge >= 0.3 is 0 Å². The van der Waals surface area contributed by atoms with Crippen LogP contribution in [0, 0.1) is 16.3 Å². The molecular weight excluding hydrogens is 410 g/mol. The molecule has 0 amide bonds. The van der Waals surface area contributed by atoms with Gasteiger partial charge in [-0.2, -0.15) is 0 Å². The van der Waals surface area contributed by atoms with Gasteiger partial charge in [0.25, 0.3) is 10.0 Å². The minimum Gasteiger partial charge on any atom is -0.354 e. The highest BCUT2D eigenvalue weighted by Crippen LogP contribution is 2.28. The normalized spacial score (nSPS) is 11.4. The van der Waals surface area contributed by atoms with Crippen molar-refractivity contribution in [1.29, 1.82) is 0 Å². The molecule has 5 nitrogen and oxygen atoms in total. The third-order valence-electron chi connectivity index (χ3n) is 2.81. The Hall–Kier alpha value is -1.23. The molecule has 0 spiro atoms. The third-order valence-corrected chi connectivity index (χ3v) is 4.66. The Morgan fingerprint density at radius 1 is 1.14 bits per heavy atom. The lowest BCUT2D eigenvalue weighted by Gasteiger charge is -2.14. The summed E-state index contributed by atoms with van der Waals surface area (Å²) in [4.78, 5) is 0.990. The summed E-state index contributed by atoms with van der Waals surface area (Å²) in [7, 11) is -4.11. The molecule has 0 unspecified atom stereocenters. The fraction of sp³-hybridized carbons (Fsp3) is 0.0769. The van der Waals surface area contributed by atoms with Crippen LogP contribution in [0.3, 0.4) is 0 Å². The van der Waals surface area contributed by atoms with Crippen molar-refractivity contribution < 1.29 is 18.0 Å². The standard InChI is InChI=1S/C13H12FIN2O3S/c1-8-6-10(15)3-4-11(8)16-12-7-9(14)2-5-13(12)21(19,20)17-18/h2-7,16-18H,1H3. The van der Waals surface area contributed by atoms with Crippen molar-refractivity contribution in [3.63, 3.8) is 0 Å². The van der Waals surface area contributed by atoms with E-state index in [9.17, 15) is 12.8 Å². The van der Waals surface area contributed by atoms with E-state index in [1.807, 2.05) is 19.1 Å². The van der Waals surface area contributed by atoms with Crippen LogP contribution in [-0.4, -0.2) is 13.6 Å². The quantitative estimate of drug-likeness (QED) is 0.523. The lowest BCUT2D eigenvalue weighted by atomic mass is 10.2. The predicted octanol–water partition coefficient (Wildman–Crippen LogP) is 3.15. The summed E-state index contributed by atoms with van der Waals surface area (Å²) in [6.07, 6.45) is 0. The van der Waals surface area contributed by atoms with Gasteiger partial charge in [-0.3, -0.25) is 0 Å². The monoisotopic (exact) mass is 422 g/mol. The molecule has 0 aliphatic rings. The van der Waals surface area contributed by atoms with E-state index in [0.717, 1.165) is 27.3 Å². The number of hydrogen-bond donors (Lipinski definition) is 3. The summed E-state index contributed by atoms with van der Waals surface area (Å²) in [5.74, 6) is -0.586. The smallest absolute Gasteiger partial charge is 0.264 e. The fourth-order valence-electron chi connectivity index (χ4n) is 1.80. The van der Waals surface area contributed by atoms with E-state index < -0.39 is 15.8 Å². The number of aryl methyl sites for hydroxylation is 1. The van der Waals surface area contributed by atoms with E-state index in [0.29, 0.717) is 5.69 Å². The fourth-order valence-corrected chi connectivity index (χ4v) is 3.19. The molecule has 0 bridgehead atoms. The summed E-state index contributed by atoms with van der Waals surface area (Å²) in [6, 6.07) is 8.66. The van der Waals surface area contributed by atoms with E-state index in [-0.39, 0.29) is 10.6 Å². The molecule has 0 atom stereocenters. The van der Waals surface area contributed by atoms with Crippen molar-refractivity contribution in [2.75, 3.05) is 5.32 Å². The first-order chi connectivity index (χ1) is 9.83. The Morgan fingerprint density at radius 2 is 1.86 bits per heavy atom. The highest BCUT2D eigenvalue weighted by Gasteiger charge is 2.18. The average molecular weight is 422 g/mol. The van der Waals surface area contributed by atoms with Gasteiger partial charge in [0, 0.05) is 9.26 Å². The zero-order chi connectivity index (χ0) is 15.6. The maximum Gasteiger partial charge on any atom is 0.264 e. The van der Waals surface area contributed by atoms with Crippen LogP contribution in [0.4, 0.5) is 15.8 Å². The van der Waals surface area contributed by atoms with Gasteiger partial charge in [-0.15, -0.1) is 0 Å². The Labute approximate surface area is 135 Å². The molecule has 0 heterocycles. The zero-order valence-electron chi connectivity index (χ0n) is 10.9. The molecule has 0 saturated carbocycles. The summed E-state index contributed by atoms with van der Waals surface area (Å²) in [6.45, 7) is 1.85. The number of rotatable bonds is 4. The number of hydrogen-bond acceptors (Lipinski definition) is 4. The molecule has 2 rings (SSSR count). The number of sulfonamides is 1. The first kappa shape index (κ1) is 16.1. The summed E-state index contributed by atoms with van der Waals surface area (Å²) >= 11 is 2.16. The molecule has 0 aliphatic carbocycles. The molecule has 0 aromatic heterocycles. The van der Waals surface area contributed by atoms with Gasteiger partial charge in [-0.05, 0) is 71.5 Å². The van der Waals surface area contributed by atoms with E-state index in [1.54, 1.807) is 6.07 Å². The Kier molecular flexibility index (Phi) is 4.81. The Bertz CT molecular complexity index is 781. The van der Waals surface area contributed by atoms with Crippen molar-refractivity contribution in [3.8, 4) is 0 Å². The van der Waals surface area contributed by atoms with Crippen molar-refractivity contribution in [2.45, 2.75) is 11.8 Å². The van der Waals surface area contributed by atoms with Crippen molar-refractivity contribution in [3.05, 3.63) is 51.3 Å². The number of anilines is 2. The highest BCUT2D eigenvalue weighted by molar-refractivity contribution is 14.1. The molecule has 0 aliphatic heterocycles. The van der Waals surface area contributed by atoms with Gasteiger partial charge in [0.2, 0.25) is 0 Å². The molecule has 112 valence electrons. The molecular formula is C13H12FIN2O3S. The van der Waals surface area contributed by atoms with Crippen LogP contribution in [0.2, 0.25) is 0 Å². The number of nitrogens with one attached hydrogen (secondary N) is 2. The van der Waals surface area contributed by atoms with E-state index in [2.05, 4.69) is 27.9 Å². The molecule has 3 N–H and O–H groups in total.